The van der Waals surface area contributed by atoms with Crippen molar-refractivity contribution in [1.82, 2.24) is 19.7 Å². The molecule has 3 atom stereocenters. The zero-order chi connectivity index (χ0) is 20.4. The van der Waals surface area contributed by atoms with Gasteiger partial charge in [0.15, 0.2) is 0 Å². The van der Waals surface area contributed by atoms with E-state index in [1.165, 1.54) is 0 Å². The Morgan fingerprint density at radius 2 is 2.14 bits per heavy atom. The molecule has 4 heterocycles. The summed E-state index contributed by atoms with van der Waals surface area (Å²) in [5.41, 5.74) is 0.815. The largest absolute Gasteiger partial charge is 0.376 e. The Hall–Kier alpha value is -2.68. The summed E-state index contributed by atoms with van der Waals surface area (Å²) in [6, 6.07) is 1.74. The van der Waals surface area contributed by atoms with Crippen molar-refractivity contribution in [3.8, 4) is 0 Å². The lowest BCUT2D eigenvalue weighted by molar-refractivity contribution is -0.117. The third kappa shape index (κ3) is 4.34. The molecule has 9 heteroatoms. The van der Waals surface area contributed by atoms with Gasteiger partial charge in [-0.05, 0) is 31.2 Å². The van der Waals surface area contributed by atoms with E-state index in [9.17, 15) is 4.79 Å². The van der Waals surface area contributed by atoms with Gasteiger partial charge in [-0.2, -0.15) is 10.1 Å². The summed E-state index contributed by atoms with van der Waals surface area (Å²) in [6.45, 7) is 5.82. The quantitative estimate of drug-likeness (QED) is 0.767. The highest BCUT2D eigenvalue weighted by Gasteiger charge is 2.34. The smallest absolute Gasteiger partial charge is 0.249 e. The molecule has 0 saturated carbocycles. The van der Waals surface area contributed by atoms with Gasteiger partial charge < -0.3 is 20.3 Å². The van der Waals surface area contributed by atoms with E-state index in [0.717, 1.165) is 31.0 Å². The van der Waals surface area contributed by atoms with Crippen molar-refractivity contribution in [2.75, 3.05) is 28.7 Å². The normalized spacial score (nSPS) is 24.9. The van der Waals surface area contributed by atoms with Crippen molar-refractivity contribution in [3.63, 3.8) is 0 Å². The van der Waals surface area contributed by atoms with Gasteiger partial charge in [-0.15, -0.1) is 0 Å². The van der Waals surface area contributed by atoms with Crippen molar-refractivity contribution >= 4 is 23.4 Å². The topological polar surface area (TPSA) is 97.2 Å². The number of anilines is 3. The van der Waals surface area contributed by atoms with Crippen molar-refractivity contribution in [2.24, 2.45) is 13.0 Å². The molecule has 2 N–H and O–H groups in total. The number of nitrogens with zero attached hydrogens (tertiary/aromatic N) is 5. The number of amides is 1. The van der Waals surface area contributed by atoms with E-state index < -0.39 is 0 Å². The van der Waals surface area contributed by atoms with Gasteiger partial charge in [0.05, 0.1) is 24.0 Å². The maximum absolute atomic E-state index is 12.8. The van der Waals surface area contributed by atoms with E-state index in [2.05, 4.69) is 39.5 Å². The molecule has 9 nitrogen and oxygen atoms in total. The number of nitrogens with one attached hydrogen (secondary N) is 2. The minimum Gasteiger partial charge on any atom is -0.376 e. The van der Waals surface area contributed by atoms with Gasteiger partial charge in [0.2, 0.25) is 11.9 Å². The summed E-state index contributed by atoms with van der Waals surface area (Å²) in [6.07, 6.45) is 8.22. The number of aryl methyl sites for hydroxylation is 1. The second-order valence-electron chi connectivity index (χ2n) is 8.09. The van der Waals surface area contributed by atoms with Gasteiger partial charge in [0.25, 0.3) is 0 Å². The van der Waals surface area contributed by atoms with E-state index in [1.807, 2.05) is 19.3 Å². The highest BCUT2D eigenvalue weighted by molar-refractivity contribution is 6.00. The molecule has 2 saturated heterocycles. The van der Waals surface area contributed by atoms with E-state index in [4.69, 9.17) is 4.74 Å². The third-order valence-electron chi connectivity index (χ3n) is 5.52. The van der Waals surface area contributed by atoms with Crippen LogP contribution in [0.1, 0.15) is 33.1 Å². The highest BCUT2D eigenvalue weighted by atomic mass is 16.5. The maximum atomic E-state index is 12.8. The Balaban J connectivity index is 1.41. The number of rotatable bonds is 6. The SMILES string of the molecule is CC(C)[C@@H]1OCCC[C@@H]1Nc1ccnc(N[C@@H]2CCN(c3cnn(C)c3)C2=O)n1. The van der Waals surface area contributed by atoms with Crippen molar-refractivity contribution < 1.29 is 9.53 Å². The summed E-state index contributed by atoms with van der Waals surface area (Å²) in [5, 5.41) is 10.8. The maximum Gasteiger partial charge on any atom is 0.249 e. The molecule has 156 valence electrons. The first-order valence-corrected chi connectivity index (χ1v) is 10.3. The molecule has 1 amide bonds. The van der Waals surface area contributed by atoms with Gasteiger partial charge >= 0.3 is 0 Å². The van der Waals surface area contributed by atoms with E-state index in [1.54, 1.807) is 22.0 Å². The van der Waals surface area contributed by atoms with E-state index in [-0.39, 0.29) is 24.1 Å². The molecule has 0 radical (unpaired) electrons. The second kappa shape index (κ2) is 8.36. The second-order valence-corrected chi connectivity index (χ2v) is 8.09. The van der Waals surface area contributed by atoms with Crippen molar-refractivity contribution in [1.29, 1.82) is 0 Å². The van der Waals surface area contributed by atoms with Crippen LogP contribution in [0.2, 0.25) is 0 Å². The Kier molecular flexibility index (Phi) is 5.66. The van der Waals surface area contributed by atoms with Gasteiger partial charge in [0.1, 0.15) is 11.9 Å². The highest BCUT2D eigenvalue weighted by Crippen LogP contribution is 2.25. The lowest BCUT2D eigenvalue weighted by Crippen LogP contribution is -2.43. The summed E-state index contributed by atoms with van der Waals surface area (Å²) in [4.78, 5) is 23.4. The summed E-state index contributed by atoms with van der Waals surface area (Å²) in [5.74, 6) is 1.65. The standard InChI is InChI=1S/C20H29N7O2/c1-13(2)18-15(5-4-10-29-18)23-17-6-8-21-20(25-17)24-16-7-9-27(19(16)28)14-11-22-26(3)12-14/h6,8,11-13,15-16,18H,4-5,7,9-10H2,1-3H3,(H2,21,23,24,25)/t15-,16+,18-/m0/s1. The first kappa shape index (κ1) is 19.6. The number of ether oxygens (including phenoxy) is 1. The van der Waals surface area contributed by atoms with Crippen LogP contribution in [0.15, 0.2) is 24.7 Å². The van der Waals surface area contributed by atoms with Crippen molar-refractivity contribution in [2.45, 2.75) is 51.3 Å². The molecule has 2 fully saturated rings. The van der Waals surface area contributed by atoms with E-state index >= 15 is 0 Å². The molecule has 2 aromatic rings. The van der Waals surface area contributed by atoms with Crippen LogP contribution >= 0.6 is 0 Å². The van der Waals surface area contributed by atoms with Crippen LogP contribution in [-0.4, -0.2) is 57.0 Å². The average Bonchev–Trinajstić information content (AvgIpc) is 3.28. The number of aromatic nitrogens is 4. The zero-order valence-electron chi connectivity index (χ0n) is 17.2. The molecule has 0 bridgehead atoms. The molecule has 2 aliphatic heterocycles. The fourth-order valence-electron chi connectivity index (χ4n) is 4.09. The number of carbonyl (C=O) groups is 1. The van der Waals surface area contributed by atoms with Crippen LogP contribution < -0.4 is 15.5 Å². The van der Waals surface area contributed by atoms with Gasteiger partial charge in [0, 0.05) is 32.6 Å². The van der Waals surface area contributed by atoms with Gasteiger partial charge in [-0.1, -0.05) is 13.8 Å². The lowest BCUT2D eigenvalue weighted by Gasteiger charge is -2.35. The molecular weight excluding hydrogens is 370 g/mol. The molecule has 4 rings (SSSR count). The molecule has 0 spiro atoms. The van der Waals surface area contributed by atoms with Crippen LogP contribution in [0.5, 0.6) is 0 Å². The minimum atomic E-state index is -0.341. The summed E-state index contributed by atoms with van der Waals surface area (Å²) < 4.78 is 7.65. The van der Waals surface area contributed by atoms with E-state index in [0.29, 0.717) is 24.8 Å². The minimum absolute atomic E-state index is 0.0144. The molecule has 0 aliphatic carbocycles. The van der Waals surface area contributed by atoms with Gasteiger partial charge in [-0.3, -0.25) is 9.48 Å². The van der Waals surface area contributed by atoms with Crippen LogP contribution in [-0.2, 0) is 16.6 Å². The molecule has 2 aromatic heterocycles. The Morgan fingerprint density at radius 1 is 1.28 bits per heavy atom. The molecule has 2 aliphatic rings. The third-order valence-corrected chi connectivity index (χ3v) is 5.52. The summed E-state index contributed by atoms with van der Waals surface area (Å²) in [7, 11) is 1.84. The summed E-state index contributed by atoms with van der Waals surface area (Å²) >= 11 is 0. The number of hydrogen-bond donors (Lipinski definition) is 2. The Bertz CT molecular complexity index is 853. The fraction of sp³-hybridized carbons (Fsp3) is 0.600. The number of carbonyl (C=O) groups excluding carboxylic acids is 1. The van der Waals surface area contributed by atoms with Crippen LogP contribution in [0, 0.1) is 5.92 Å². The molecule has 0 aromatic carbocycles. The fourth-order valence-corrected chi connectivity index (χ4v) is 4.09. The van der Waals surface area contributed by atoms with Crippen LogP contribution in [0.4, 0.5) is 17.5 Å². The van der Waals surface area contributed by atoms with Gasteiger partial charge in [-0.25, -0.2) is 4.98 Å². The first-order chi connectivity index (χ1) is 14.0. The van der Waals surface area contributed by atoms with Crippen LogP contribution in [0.25, 0.3) is 0 Å². The number of hydrogen-bond acceptors (Lipinski definition) is 7. The zero-order valence-corrected chi connectivity index (χ0v) is 17.2. The molecule has 0 unspecified atom stereocenters. The Labute approximate surface area is 170 Å². The predicted molar refractivity (Wildman–Crippen MR) is 111 cm³/mol. The van der Waals surface area contributed by atoms with Crippen molar-refractivity contribution in [3.05, 3.63) is 24.7 Å². The molecular formula is C20H29N7O2. The Morgan fingerprint density at radius 3 is 2.90 bits per heavy atom. The lowest BCUT2D eigenvalue weighted by atomic mass is 9.94. The first-order valence-electron chi connectivity index (χ1n) is 10.3. The predicted octanol–water partition coefficient (Wildman–Crippen LogP) is 2.04. The molecule has 29 heavy (non-hydrogen) atoms. The van der Waals surface area contributed by atoms with Crippen LogP contribution in [0.3, 0.4) is 0 Å². The average molecular weight is 399 g/mol. The monoisotopic (exact) mass is 399 g/mol.